The van der Waals surface area contributed by atoms with Crippen molar-refractivity contribution < 1.29 is 19.4 Å². The molecule has 1 aromatic heterocycles. The summed E-state index contributed by atoms with van der Waals surface area (Å²) in [6.45, 7) is 6.16. The first kappa shape index (κ1) is 19.7. The number of hydrogen-bond acceptors (Lipinski definition) is 4. The van der Waals surface area contributed by atoms with E-state index in [0.29, 0.717) is 30.9 Å². The first-order valence-electron chi connectivity index (χ1n) is 8.31. The number of unbranched alkanes of at least 4 members (excludes halogenated alkanes) is 3. The summed E-state index contributed by atoms with van der Waals surface area (Å²) in [6, 6.07) is 1.65. The van der Waals surface area contributed by atoms with Crippen LogP contribution in [0.1, 0.15) is 45.4 Å². The molecule has 0 aliphatic rings. The molecule has 0 saturated heterocycles. The Hall–Kier alpha value is -2.37. The second kappa shape index (κ2) is 11.2. The van der Waals surface area contributed by atoms with Gasteiger partial charge in [-0.3, -0.25) is 14.6 Å². The topological polar surface area (TPSA) is 88.5 Å². The van der Waals surface area contributed by atoms with Gasteiger partial charge in [0, 0.05) is 12.3 Å². The number of allylic oxidation sites excluding steroid dienone is 1. The number of hydrogen-bond donors (Lipinski definition) is 2. The van der Waals surface area contributed by atoms with Crippen LogP contribution in [0.5, 0.6) is 5.75 Å². The predicted molar refractivity (Wildman–Crippen MR) is 93.1 cm³/mol. The monoisotopic (exact) mass is 334 g/mol. The molecule has 0 aromatic carbocycles. The molecule has 0 spiro atoms. The highest BCUT2D eigenvalue weighted by atomic mass is 16.5. The molecule has 1 heterocycles. The van der Waals surface area contributed by atoms with Crippen molar-refractivity contribution in [3.8, 4) is 5.75 Å². The predicted octanol–water partition coefficient (Wildman–Crippen LogP) is 3.65. The maximum absolute atomic E-state index is 12.3. The molecule has 0 fully saturated rings. The normalized spacial score (nSPS) is 11.5. The number of amides is 1. The maximum Gasteiger partial charge on any atom is 0.316 e. The fraction of sp³-hybridized carbons (Fsp3) is 0.500. The van der Waals surface area contributed by atoms with Gasteiger partial charge in [-0.25, -0.2) is 0 Å². The number of pyridine rings is 1. The number of aliphatic carboxylic acids is 1. The van der Waals surface area contributed by atoms with Crippen molar-refractivity contribution >= 4 is 17.6 Å². The average molecular weight is 334 g/mol. The van der Waals surface area contributed by atoms with Gasteiger partial charge in [0.15, 0.2) is 0 Å². The zero-order valence-electron chi connectivity index (χ0n) is 14.2. The zero-order chi connectivity index (χ0) is 17.8. The van der Waals surface area contributed by atoms with E-state index in [9.17, 15) is 14.7 Å². The smallest absolute Gasteiger partial charge is 0.316 e. The molecule has 1 atom stereocenters. The van der Waals surface area contributed by atoms with Crippen molar-refractivity contribution in [1.29, 1.82) is 0 Å². The molecule has 132 valence electrons. The summed E-state index contributed by atoms with van der Waals surface area (Å²) in [6.07, 6.45) is 9.40. The van der Waals surface area contributed by atoms with Crippen LogP contribution in [0.25, 0.3) is 0 Å². The number of ether oxygens (including phenoxy) is 1. The number of carbonyl (C=O) groups is 2. The number of nitrogens with zero attached hydrogens (tertiary/aromatic N) is 1. The van der Waals surface area contributed by atoms with Crippen LogP contribution in [0, 0.1) is 5.92 Å². The van der Waals surface area contributed by atoms with Crippen molar-refractivity contribution in [2.24, 2.45) is 5.92 Å². The Kier molecular flexibility index (Phi) is 9.19. The van der Waals surface area contributed by atoms with Crippen LogP contribution >= 0.6 is 0 Å². The lowest BCUT2D eigenvalue weighted by Crippen LogP contribution is -2.29. The summed E-state index contributed by atoms with van der Waals surface area (Å²) in [5.41, 5.74) is 0.392. The first-order valence-corrected chi connectivity index (χ1v) is 8.31. The van der Waals surface area contributed by atoms with Gasteiger partial charge in [0.2, 0.25) is 5.91 Å². The zero-order valence-corrected chi connectivity index (χ0v) is 14.2. The molecule has 1 amide bonds. The Morgan fingerprint density at radius 3 is 2.88 bits per heavy atom. The van der Waals surface area contributed by atoms with Gasteiger partial charge in [0.05, 0.1) is 12.8 Å². The van der Waals surface area contributed by atoms with Crippen LogP contribution in [0.15, 0.2) is 31.1 Å². The Balaban J connectivity index is 2.69. The molecule has 6 heteroatoms. The summed E-state index contributed by atoms with van der Waals surface area (Å²) < 4.78 is 5.63. The van der Waals surface area contributed by atoms with Crippen molar-refractivity contribution in [2.45, 2.75) is 45.4 Å². The molecular formula is C18H26N2O4. The summed E-state index contributed by atoms with van der Waals surface area (Å²) in [5.74, 6) is -2.23. The van der Waals surface area contributed by atoms with E-state index in [1.165, 1.54) is 6.20 Å². The Morgan fingerprint density at radius 1 is 1.42 bits per heavy atom. The molecule has 0 bridgehead atoms. The molecular weight excluding hydrogens is 308 g/mol. The molecule has 0 radical (unpaired) electrons. The lowest BCUT2D eigenvalue weighted by molar-refractivity contribution is -0.145. The number of carbonyl (C=O) groups excluding carboxylic acids is 1. The fourth-order valence-electron chi connectivity index (χ4n) is 2.20. The van der Waals surface area contributed by atoms with Gasteiger partial charge in [-0.05, 0) is 19.3 Å². The van der Waals surface area contributed by atoms with E-state index in [1.54, 1.807) is 12.3 Å². The molecule has 0 aliphatic heterocycles. The number of rotatable bonds is 12. The lowest BCUT2D eigenvalue weighted by atomic mass is 10.0. The summed E-state index contributed by atoms with van der Waals surface area (Å²) in [5, 5.41) is 11.9. The van der Waals surface area contributed by atoms with E-state index in [0.717, 1.165) is 25.7 Å². The molecule has 1 rings (SSSR count). The average Bonchev–Trinajstić information content (AvgIpc) is 2.56. The molecule has 24 heavy (non-hydrogen) atoms. The third-order valence-corrected chi connectivity index (χ3v) is 3.56. The summed E-state index contributed by atoms with van der Waals surface area (Å²) in [4.78, 5) is 27.6. The Labute approximate surface area is 142 Å². The minimum absolute atomic E-state index is 0.324. The highest BCUT2D eigenvalue weighted by Crippen LogP contribution is 2.24. The van der Waals surface area contributed by atoms with E-state index in [4.69, 9.17) is 4.74 Å². The van der Waals surface area contributed by atoms with E-state index in [1.807, 2.05) is 13.0 Å². The summed E-state index contributed by atoms with van der Waals surface area (Å²) >= 11 is 0. The number of carboxylic acid groups (broad SMARTS) is 1. The Bertz CT molecular complexity index is 546. The first-order chi connectivity index (χ1) is 11.6. The molecule has 1 unspecified atom stereocenters. The van der Waals surface area contributed by atoms with Gasteiger partial charge < -0.3 is 15.2 Å². The SMILES string of the molecule is C=CCCCOc1ccncc1NC(=O)C(CCCCC)C(=O)O. The number of anilines is 1. The molecule has 2 N–H and O–H groups in total. The van der Waals surface area contributed by atoms with Crippen LogP contribution in [-0.2, 0) is 9.59 Å². The highest BCUT2D eigenvalue weighted by Gasteiger charge is 2.26. The molecule has 1 aromatic rings. The van der Waals surface area contributed by atoms with Gasteiger partial charge >= 0.3 is 5.97 Å². The molecule has 6 nitrogen and oxygen atoms in total. The highest BCUT2D eigenvalue weighted by molar-refractivity contribution is 6.04. The summed E-state index contributed by atoms with van der Waals surface area (Å²) in [7, 11) is 0. The van der Waals surface area contributed by atoms with Crippen LogP contribution < -0.4 is 10.1 Å². The largest absolute Gasteiger partial charge is 0.491 e. The van der Waals surface area contributed by atoms with Gasteiger partial charge in [-0.1, -0.05) is 32.3 Å². The standard InChI is InChI=1S/C18H26N2O4/c1-3-5-7-9-14(18(22)23)17(21)20-15-13-19-11-10-16(15)24-12-8-6-4-2/h4,10-11,13-14H,2-3,5-9,12H2,1H3,(H,20,21)(H,22,23). The van der Waals surface area contributed by atoms with E-state index < -0.39 is 17.8 Å². The van der Waals surface area contributed by atoms with Gasteiger partial charge in [-0.15, -0.1) is 6.58 Å². The third kappa shape index (κ3) is 6.81. The molecule has 0 aliphatic carbocycles. The van der Waals surface area contributed by atoms with Crippen molar-refractivity contribution in [1.82, 2.24) is 4.98 Å². The minimum atomic E-state index is -1.11. The number of aromatic nitrogens is 1. The van der Waals surface area contributed by atoms with Crippen LogP contribution in [0.2, 0.25) is 0 Å². The van der Waals surface area contributed by atoms with E-state index in [2.05, 4.69) is 16.9 Å². The number of nitrogens with one attached hydrogen (secondary N) is 1. The van der Waals surface area contributed by atoms with E-state index >= 15 is 0 Å². The maximum atomic E-state index is 12.3. The minimum Gasteiger partial charge on any atom is -0.491 e. The van der Waals surface area contributed by atoms with Crippen molar-refractivity contribution in [2.75, 3.05) is 11.9 Å². The van der Waals surface area contributed by atoms with Crippen LogP contribution in [0.3, 0.4) is 0 Å². The van der Waals surface area contributed by atoms with Crippen LogP contribution in [0.4, 0.5) is 5.69 Å². The van der Waals surface area contributed by atoms with E-state index in [-0.39, 0.29) is 0 Å². The van der Waals surface area contributed by atoms with Crippen LogP contribution in [-0.4, -0.2) is 28.6 Å². The van der Waals surface area contributed by atoms with Crippen molar-refractivity contribution in [3.63, 3.8) is 0 Å². The van der Waals surface area contributed by atoms with Gasteiger partial charge in [-0.2, -0.15) is 0 Å². The molecule has 0 saturated carbocycles. The second-order valence-corrected chi connectivity index (χ2v) is 5.53. The second-order valence-electron chi connectivity index (χ2n) is 5.53. The fourth-order valence-corrected chi connectivity index (χ4v) is 2.20. The Morgan fingerprint density at radius 2 is 2.21 bits per heavy atom. The third-order valence-electron chi connectivity index (χ3n) is 3.56. The van der Waals surface area contributed by atoms with Gasteiger partial charge in [0.1, 0.15) is 17.4 Å². The van der Waals surface area contributed by atoms with Gasteiger partial charge in [0.25, 0.3) is 0 Å². The quantitative estimate of drug-likeness (QED) is 0.346. The lowest BCUT2D eigenvalue weighted by Gasteiger charge is -2.15. The van der Waals surface area contributed by atoms with Crippen molar-refractivity contribution in [3.05, 3.63) is 31.1 Å². The number of carboxylic acids is 1.